The molecule has 6 heteroatoms. The summed E-state index contributed by atoms with van der Waals surface area (Å²) in [5.41, 5.74) is 1.06. The number of likely N-dealkylation sites (N-methyl/N-ethyl adjacent to an activating group) is 2. The number of nitrogens with zero attached hydrogens (tertiary/aromatic N) is 4. The smallest absolute Gasteiger partial charge is 0.113 e. The number of halogens is 1. The highest BCUT2D eigenvalue weighted by atomic mass is 35.5. The van der Waals surface area contributed by atoms with E-state index >= 15 is 0 Å². The third kappa shape index (κ3) is 3.51. The molecular weight excluding hydrogens is 310 g/mol. The summed E-state index contributed by atoms with van der Waals surface area (Å²) < 4.78 is 0. The van der Waals surface area contributed by atoms with Gasteiger partial charge in [-0.1, -0.05) is 23.8 Å². The van der Waals surface area contributed by atoms with E-state index in [0.29, 0.717) is 0 Å². The number of rotatable bonds is 4. The molecule has 2 unspecified atom stereocenters. The van der Waals surface area contributed by atoms with Gasteiger partial charge in [-0.2, -0.15) is 0 Å². The summed E-state index contributed by atoms with van der Waals surface area (Å²) >= 11 is 6.49. The van der Waals surface area contributed by atoms with Crippen molar-refractivity contribution in [2.24, 2.45) is 21.8 Å². The molecule has 5 nitrogen and oxygen atoms in total. The fourth-order valence-corrected chi connectivity index (χ4v) is 3.38. The van der Waals surface area contributed by atoms with Gasteiger partial charge in [0.05, 0.1) is 11.8 Å². The van der Waals surface area contributed by atoms with Crippen LogP contribution < -0.4 is 5.32 Å². The summed E-state index contributed by atoms with van der Waals surface area (Å²) in [4.78, 5) is 13.8. The minimum atomic E-state index is 0.0768. The average molecular weight is 334 g/mol. The van der Waals surface area contributed by atoms with Gasteiger partial charge in [-0.25, -0.2) is 9.98 Å². The van der Waals surface area contributed by atoms with Crippen molar-refractivity contribution < 1.29 is 0 Å². The lowest BCUT2D eigenvalue weighted by Crippen LogP contribution is -2.37. The summed E-state index contributed by atoms with van der Waals surface area (Å²) in [6, 6.07) is 0. The fourth-order valence-electron chi connectivity index (χ4n) is 3.08. The standard InChI is InChI=1S/C17H24ClN5/c1-22(2)9-10-23(3)15-6-4-5-14(21-15)16-12-7-8-19-17(12)20-11-13(16)18/h5,7-8,11-12,16H,4,6,9-10H2,1-3H3,(H,19,20). The molecule has 3 aliphatic rings. The third-order valence-electron chi connectivity index (χ3n) is 4.46. The predicted octanol–water partition coefficient (Wildman–Crippen LogP) is 2.40. The van der Waals surface area contributed by atoms with E-state index in [1.807, 2.05) is 12.4 Å². The van der Waals surface area contributed by atoms with Crippen LogP contribution in [-0.4, -0.2) is 55.7 Å². The Hall–Kier alpha value is -1.59. The molecule has 0 aromatic rings. The Morgan fingerprint density at radius 3 is 2.91 bits per heavy atom. The Morgan fingerprint density at radius 2 is 2.13 bits per heavy atom. The summed E-state index contributed by atoms with van der Waals surface area (Å²) in [6.07, 6.45) is 10.0. The second-order valence-electron chi connectivity index (χ2n) is 6.45. The summed E-state index contributed by atoms with van der Waals surface area (Å²) in [7, 11) is 6.30. The molecule has 0 saturated heterocycles. The molecule has 2 atom stereocenters. The molecule has 0 aliphatic carbocycles. The number of aliphatic imine (C=N–C) groups is 2. The van der Waals surface area contributed by atoms with Crippen LogP contribution in [0, 0.1) is 11.8 Å². The van der Waals surface area contributed by atoms with Crippen LogP contribution in [-0.2, 0) is 0 Å². The average Bonchev–Trinajstić information content (AvgIpc) is 3.01. The largest absolute Gasteiger partial charge is 0.362 e. The molecule has 0 aromatic heterocycles. The zero-order valence-corrected chi connectivity index (χ0v) is 14.7. The van der Waals surface area contributed by atoms with Crippen molar-refractivity contribution in [2.45, 2.75) is 12.8 Å². The van der Waals surface area contributed by atoms with Crippen LogP contribution in [0.15, 0.2) is 45.3 Å². The van der Waals surface area contributed by atoms with E-state index in [2.05, 4.69) is 53.4 Å². The van der Waals surface area contributed by atoms with E-state index in [-0.39, 0.29) is 11.8 Å². The SMILES string of the molecule is CN(C)CCN(C)C1=NC(C2C(Cl)=CNC3=NC=CC32)=CCC1. The minimum absolute atomic E-state index is 0.0768. The molecule has 1 N–H and O–H groups in total. The van der Waals surface area contributed by atoms with Crippen molar-refractivity contribution in [2.75, 3.05) is 34.2 Å². The Bertz CT molecular complexity index is 614. The topological polar surface area (TPSA) is 43.2 Å². The fraction of sp³-hybridized carbons (Fsp3) is 0.529. The molecule has 0 spiro atoms. The molecule has 23 heavy (non-hydrogen) atoms. The Kier molecular flexibility index (Phi) is 4.87. The van der Waals surface area contributed by atoms with Crippen LogP contribution in [0.5, 0.6) is 0 Å². The molecule has 0 amide bonds. The molecular formula is C17H24ClN5. The first-order valence-electron chi connectivity index (χ1n) is 8.06. The van der Waals surface area contributed by atoms with Gasteiger partial charge in [0.15, 0.2) is 0 Å². The number of hydrogen-bond acceptors (Lipinski definition) is 5. The van der Waals surface area contributed by atoms with Crippen LogP contribution in [0.3, 0.4) is 0 Å². The van der Waals surface area contributed by atoms with Gasteiger partial charge >= 0.3 is 0 Å². The van der Waals surface area contributed by atoms with Crippen LogP contribution in [0.1, 0.15) is 12.8 Å². The number of amidine groups is 2. The number of hydrogen-bond donors (Lipinski definition) is 1. The van der Waals surface area contributed by atoms with Crippen molar-refractivity contribution in [3.63, 3.8) is 0 Å². The summed E-state index contributed by atoms with van der Waals surface area (Å²) in [6.45, 7) is 2.00. The molecule has 3 aliphatic heterocycles. The van der Waals surface area contributed by atoms with Crippen LogP contribution in [0.2, 0.25) is 0 Å². The Labute approximate surface area is 143 Å². The van der Waals surface area contributed by atoms with Gasteiger partial charge in [-0.05, 0) is 20.5 Å². The second kappa shape index (κ2) is 6.89. The third-order valence-corrected chi connectivity index (χ3v) is 4.80. The quantitative estimate of drug-likeness (QED) is 0.859. The Balaban J connectivity index is 1.78. The number of allylic oxidation sites excluding steroid dienone is 2. The van der Waals surface area contributed by atoms with E-state index < -0.39 is 0 Å². The highest BCUT2D eigenvalue weighted by Crippen LogP contribution is 2.38. The van der Waals surface area contributed by atoms with E-state index in [4.69, 9.17) is 16.6 Å². The van der Waals surface area contributed by atoms with E-state index in [0.717, 1.165) is 48.3 Å². The number of nitrogens with one attached hydrogen (secondary N) is 1. The molecule has 0 fully saturated rings. The predicted molar refractivity (Wildman–Crippen MR) is 96.6 cm³/mol. The normalized spacial score (nSPS) is 26.1. The van der Waals surface area contributed by atoms with Crippen LogP contribution in [0.25, 0.3) is 0 Å². The lowest BCUT2D eigenvalue weighted by molar-refractivity contribution is 0.353. The Morgan fingerprint density at radius 1 is 1.30 bits per heavy atom. The van der Waals surface area contributed by atoms with Crippen LogP contribution >= 0.6 is 11.6 Å². The van der Waals surface area contributed by atoms with Gasteiger partial charge in [-0.15, -0.1) is 0 Å². The first kappa shape index (κ1) is 16.3. The number of fused-ring (bicyclic) bond motifs is 1. The summed E-state index contributed by atoms with van der Waals surface area (Å²) in [5.74, 6) is 2.36. The van der Waals surface area contributed by atoms with E-state index in [1.165, 1.54) is 0 Å². The maximum Gasteiger partial charge on any atom is 0.113 e. The second-order valence-corrected chi connectivity index (χ2v) is 6.89. The highest BCUT2D eigenvalue weighted by Gasteiger charge is 2.35. The molecule has 0 aromatic carbocycles. The van der Waals surface area contributed by atoms with Gasteiger partial charge in [0.25, 0.3) is 0 Å². The molecule has 3 heterocycles. The summed E-state index contributed by atoms with van der Waals surface area (Å²) in [5, 5.41) is 3.97. The van der Waals surface area contributed by atoms with Crippen molar-refractivity contribution in [3.8, 4) is 0 Å². The van der Waals surface area contributed by atoms with Crippen LogP contribution in [0.4, 0.5) is 0 Å². The minimum Gasteiger partial charge on any atom is -0.362 e. The molecule has 124 valence electrons. The van der Waals surface area contributed by atoms with Crippen molar-refractivity contribution in [1.82, 2.24) is 15.1 Å². The van der Waals surface area contributed by atoms with Gasteiger partial charge < -0.3 is 15.1 Å². The van der Waals surface area contributed by atoms with Crippen molar-refractivity contribution >= 4 is 23.3 Å². The molecule has 0 bridgehead atoms. The zero-order valence-electron chi connectivity index (χ0n) is 14.0. The van der Waals surface area contributed by atoms with E-state index in [9.17, 15) is 0 Å². The zero-order chi connectivity index (χ0) is 16.4. The maximum absolute atomic E-state index is 6.49. The van der Waals surface area contributed by atoms with Gasteiger partial charge in [-0.3, -0.25) is 0 Å². The lowest BCUT2D eigenvalue weighted by atomic mass is 9.85. The maximum atomic E-state index is 6.49. The molecule has 3 rings (SSSR count). The van der Waals surface area contributed by atoms with Crippen molar-refractivity contribution in [3.05, 3.63) is 35.3 Å². The van der Waals surface area contributed by atoms with Gasteiger partial charge in [0.1, 0.15) is 11.7 Å². The molecule has 0 saturated carbocycles. The lowest BCUT2D eigenvalue weighted by Gasteiger charge is -2.31. The van der Waals surface area contributed by atoms with Crippen molar-refractivity contribution in [1.29, 1.82) is 0 Å². The van der Waals surface area contributed by atoms with Gasteiger partial charge in [0, 0.05) is 49.7 Å². The first-order valence-corrected chi connectivity index (χ1v) is 8.44. The first-order chi connectivity index (χ1) is 11.1. The highest BCUT2D eigenvalue weighted by molar-refractivity contribution is 6.30. The monoisotopic (exact) mass is 333 g/mol. The van der Waals surface area contributed by atoms with E-state index in [1.54, 1.807) is 0 Å². The molecule has 0 radical (unpaired) electrons. The van der Waals surface area contributed by atoms with Gasteiger partial charge in [0.2, 0.25) is 0 Å².